The lowest BCUT2D eigenvalue weighted by Gasteiger charge is -2.04. The highest BCUT2D eigenvalue weighted by Crippen LogP contribution is 2.31. The first-order chi connectivity index (χ1) is 5.27. The molecule has 1 heterocycles. The smallest absolute Gasteiger partial charge is 0.0710 e. The maximum absolute atomic E-state index is 4.40. The van der Waals surface area contributed by atoms with Gasteiger partial charge in [-0.3, -0.25) is 4.99 Å². The van der Waals surface area contributed by atoms with Crippen molar-refractivity contribution in [3.63, 3.8) is 0 Å². The Labute approximate surface area is 72.3 Å². The van der Waals surface area contributed by atoms with Gasteiger partial charge in [-0.05, 0) is 20.3 Å². The van der Waals surface area contributed by atoms with Gasteiger partial charge in [0.05, 0.1) is 16.0 Å². The first-order valence-electron chi connectivity index (χ1n) is 3.77. The van der Waals surface area contributed by atoms with Crippen molar-refractivity contribution >= 4 is 16.8 Å². The van der Waals surface area contributed by atoms with E-state index in [1.54, 1.807) is 0 Å². The number of nitrogens with zero attached hydrogens (tertiary/aromatic N) is 1. The van der Waals surface area contributed by atoms with E-state index in [2.05, 4.69) is 24.6 Å². The molecular weight excluding hydrogens is 154 g/mol. The molecule has 1 aliphatic heterocycles. The van der Waals surface area contributed by atoms with Crippen molar-refractivity contribution in [3.05, 3.63) is 24.4 Å². The molecule has 0 aromatic heterocycles. The zero-order valence-electron chi connectivity index (χ0n) is 7.00. The number of aliphatic imine (C=N–C) groups is 1. The van der Waals surface area contributed by atoms with Gasteiger partial charge >= 0.3 is 0 Å². The van der Waals surface area contributed by atoms with Gasteiger partial charge in [-0.15, -0.1) is 18.3 Å². The first kappa shape index (κ1) is 8.60. The van der Waals surface area contributed by atoms with Crippen LogP contribution in [0.25, 0.3) is 0 Å². The standard InChI is InChI=1S/C9H13NS/c1-4-6-9-8(5-2)10-7(3)11-9/h4-5,9H,1,6H2,2-3H3/b8-5+. The van der Waals surface area contributed by atoms with Crippen molar-refractivity contribution in [1.82, 2.24) is 0 Å². The summed E-state index contributed by atoms with van der Waals surface area (Å²) < 4.78 is 0. The number of allylic oxidation sites excluding steroid dienone is 2. The molecule has 0 aromatic rings. The van der Waals surface area contributed by atoms with Crippen molar-refractivity contribution in [2.24, 2.45) is 4.99 Å². The second kappa shape index (κ2) is 3.77. The minimum absolute atomic E-state index is 0.525. The first-order valence-corrected chi connectivity index (χ1v) is 4.65. The molecule has 0 aromatic carbocycles. The lowest BCUT2D eigenvalue weighted by molar-refractivity contribution is 0.996. The van der Waals surface area contributed by atoms with E-state index in [9.17, 15) is 0 Å². The van der Waals surface area contributed by atoms with E-state index in [1.165, 1.54) is 10.7 Å². The van der Waals surface area contributed by atoms with Crippen LogP contribution in [-0.4, -0.2) is 10.3 Å². The number of hydrogen-bond donors (Lipinski definition) is 0. The maximum Gasteiger partial charge on any atom is 0.0710 e. The third-order valence-corrected chi connectivity index (χ3v) is 2.76. The van der Waals surface area contributed by atoms with E-state index >= 15 is 0 Å². The molecule has 1 rings (SSSR count). The number of hydrogen-bond acceptors (Lipinski definition) is 2. The monoisotopic (exact) mass is 167 g/mol. The third-order valence-electron chi connectivity index (χ3n) is 1.61. The summed E-state index contributed by atoms with van der Waals surface area (Å²) in [6.45, 7) is 7.82. The molecule has 0 saturated heterocycles. The summed E-state index contributed by atoms with van der Waals surface area (Å²) in [5.74, 6) is 0. The molecule has 0 amide bonds. The Morgan fingerprint density at radius 1 is 1.73 bits per heavy atom. The maximum atomic E-state index is 4.40. The predicted molar refractivity (Wildman–Crippen MR) is 53.1 cm³/mol. The van der Waals surface area contributed by atoms with Crippen LogP contribution < -0.4 is 0 Å². The van der Waals surface area contributed by atoms with Crippen molar-refractivity contribution < 1.29 is 0 Å². The van der Waals surface area contributed by atoms with Crippen LogP contribution in [0.5, 0.6) is 0 Å². The Balaban J connectivity index is 2.66. The van der Waals surface area contributed by atoms with Crippen molar-refractivity contribution in [2.75, 3.05) is 0 Å². The average molecular weight is 167 g/mol. The Morgan fingerprint density at radius 2 is 2.45 bits per heavy atom. The highest BCUT2D eigenvalue weighted by Gasteiger charge is 2.19. The Morgan fingerprint density at radius 3 is 3.00 bits per heavy atom. The van der Waals surface area contributed by atoms with Crippen molar-refractivity contribution in [1.29, 1.82) is 0 Å². The second-order valence-corrected chi connectivity index (χ2v) is 3.87. The fourth-order valence-electron chi connectivity index (χ4n) is 1.12. The third kappa shape index (κ3) is 1.96. The molecule has 0 saturated carbocycles. The fraction of sp³-hybridized carbons (Fsp3) is 0.444. The lowest BCUT2D eigenvalue weighted by Crippen LogP contribution is -1.98. The summed E-state index contributed by atoms with van der Waals surface area (Å²) in [7, 11) is 0. The fourth-order valence-corrected chi connectivity index (χ4v) is 2.23. The van der Waals surface area contributed by atoms with Gasteiger partial charge in [0.1, 0.15) is 0 Å². The summed E-state index contributed by atoms with van der Waals surface area (Å²) >= 11 is 1.83. The number of rotatable bonds is 2. The molecule has 0 spiro atoms. The quantitative estimate of drug-likeness (QED) is 0.576. The molecule has 60 valence electrons. The van der Waals surface area contributed by atoms with Gasteiger partial charge in [-0.2, -0.15) is 0 Å². The molecule has 1 aliphatic rings. The molecule has 0 radical (unpaired) electrons. The lowest BCUT2D eigenvalue weighted by atomic mass is 10.2. The minimum Gasteiger partial charge on any atom is -0.250 e. The zero-order chi connectivity index (χ0) is 8.27. The van der Waals surface area contributed by atoms with E-state index in [0.29, 0.717) is 5.25 Å². The molecular formula is C9H13NS. The summed E-state index contributed by atoms with van der Waals surface area (Å²) in [6, 6.07) is 0. The van der Waals surface area contributed by atoms with E-state index < -0.39 is 0 Å². The van der Waals surface area contributed by atoms with Gasteiger partial charge in [0.2, 0.25) is 0 Å². The highest BCUT2D eigenvalue weighted by molar-refractivity contribution is 8.14. The van der Waals surface area contributed by atoms with Crippen molar-refractivity contribution in [2.45, 2.75) is 25.5 Å². The summed E-state index contributed by atoms with van der Waals surface area (Å²) in [5, 5.41) is 1.70. The van der Waals surface area contributed by atoms with Gasteiger partial charge in [0.25, 0.3) is 0 Å². The van der Waals surface area contributed by atoms with Crippen LogP contribution in [0, 0.1) is 0 Å². The topological polar surface area (TPSA) is 12.4 Å². The van der Waals surface area contributed by atoms with Gasteiger partial charge in [-0.1, -0.05) is 12.2 Å². The summed E-state index contributed by atoms with van der Waals surface area (Å²) in [6.07, 6.45) is 5.05. The molecule has 0 aliphatic carbocycles. The summed E-state index contributed by atoms with van der Waals surface area (Å²) in [5.41, 5.74) is 1.20. The van der Waals surface area contributed by atoms with Crippen LogP contribution in [-0.2, 0) is 0 Å². The summed E-state index contributed by atoms with van der Waals surface area (Å²) in [4.78, 5) is 4.40. The van der Waals surface area contributed by atoms with Crippen LogP contribution in [0.15, 0.2) is 29.4 Å². The molecule has 0 fully saturated rings. The SMILES string of the molecule is C=CCC1SC(C)=N/C1=C/C. The molecule has 2 heteroatoms. The van der Waals surface area contributed by atoms with E-state index in [-0.39, 0.29) is 0 Å². The Hall–Kier alpha value is -0.500. The average Bonchev–Trinajstić information content (AvgIpc) is 2.32. The van der Waals surface area contributed by atoms with Crippen LogP contribution in [0.1, 0.15) is 20.3 Å². The van der Waals surface area contributed by atoms with Crippen LogP contribution in [0.2, 0.25) is 0 Å². The zero-order valence-corrected chi connectivity index (χ0v) is 7.82. The van der Waals surface area contributed by atoms with Crippen LogP contribution in [0.3, 0.4) is 0 Å². The highest BCUT2D eigenvalue weighted by atomic mass is 32.2. The second-order valence-electron chi connectivity index (χ2n) is 2.48. The van der Waals surface area contributed by atoms with Gasteiger partial charge < -0.3 is 0 Å². The molecule has 0 bridgehead atoms. The molecule has 11 heavy (non-hydrogen) atoms. The van der Waals surface area contributed by atoms with Gasteiger partial charge in [0, 0.05) is 0 Å². The minimum atomic E-state index is 0.525. The van der Waals surface area contributed by atoms with E-state index in [0.717, 1.165) is 6.42 Å². The van der Waals surface area contributed by atoms with E-state index in [4.69, 9.17) is 0 Å². The molecule has 1 unspecified atom stereocenters. The Kier molecular flexibility index (Phi) is 2.94. The largest absolute Gasteiger partial charge is 0.250 e. The van der Waals surface area contributed by atoms with Crippen LogP contribution in [0.4, 0.5) is 0 Å². The molecule has 1 nitrogen and oxygen atoms in total. The number of thioether (sulfide) groups is 1. The molecule has 1 atom stereocenters. The van der Waals surface area contributed by atoms with Gasteiger partial charge in [0.15, 0.2) is 0 Å². The normalized spacial score (nSPS) is 27.3. The predicted octanol–water partition coefficient (Wildman–Crippen LogP) is 3.00. The van der Waals surface area contributed by atoms with Gasteiger partial charge in [-0.25, -0.2) is 0 Å². The van der Waals surface area contributed by atoms with Crippen molar-refractivity contribution in [3.8, 4) is 0 Å². The Bertz CT molecular complexity index is 216. The van der Waals surface area contributed by atoms with Crippen LogP contribution >= 0.6 is 11.8 Å². The van der Waals surface area contributed by atoms with E-state index in [1.807, 2.05) is 24.8 Å². The molecule has 0 N–H and O–H groups in total.